The van der Waals surface area contributed by atoms with E-state index in [4.69, 9.17) is 0 Å². The maximum absolute atomic E-state index is 12.8. The summed E-state index contributed by atoms with van der Waals surface area (Å²) in [5.74, 6) is 0.857. The van der Waals surface area contributed by atoms with Gasteiger partial charge in [-0.3, -0.25) is 9.59 Å². The largest absolute Gasteiger partial charge is 0.338 e. The Morgan fingerprint density at radius 2 is 1.93 bits per heavy atom. The second-order valence-corrected chi connectivity index (χ2v) is 8.51. The zero-order valence-corrected chi connectivity index (χ0v) is 16.6. The molecule has 3 heterocycles. The predicted octanol–water partition coefficient (Wildman–Crippen LogP) is 2.42. The first-order chi connectivity index (χ1) is 13.5. The van der Waals surface area contributed by atoms with Gasteiger partial charge in [-0.2, -0.15) is 0 Å². The van der Waals surface area contributed by atoms with Crippen molar-refractivity contribution < 1.29 is 4.79 Å². The zero-order chi connectivity index (χ0) is 19.7. The number of likely N-dealkylation sites (tertiary alicyclic amines) is 2. The van der Waals surface area contributed by atoms with Crippen LogP contribution in [0, 0.1) is 12.3 Å². The van der Waals surface area contributed by atoms with Crippen LogP contribution < -0.4 is 5.56 Å². The number of rotatable bonds is 2. The third-order valence-electron chi connectivity index (χ3n) is 6.36. The SMILES string of the molecule is Cc1ncc(C(=O)N2CCC3(CC2)CC(c2ccccc2)CN(C)C3)c(=O)[nH]1. The van der Waals surface area contributed by atoms with E-state index in [2.05, 4.69) is 52.2 Å². The maximum Gasteiger partial charge on any atom is 0.263 e. The van der Waals surface area contributed by atoms with Crippen LogP contribution in [-0.4, -0.2) is 58.9 Å². The van der Waals surface area contributed by atoms with Gasteiger partial charge in [0.1, 0.15) is 11.4 Å². The number of hydrogen-bond donors (Lipinski definition) is 1. The number of carbonyl (C=O) groups excluding carboxylic acids is 1. The molecular weight excluding hydrogens is 352 g/mol. The van der Waals surface area contributed by atoms with E-state index in [1.807, 2.05) is 4.90 Å². The van der Waals surface area contributed by atoms with Crippen LogP contribution in [0.5, 0.6) is 0 Å². The minimum atomic E-state index is -0.348. The van der Waals surface area contributed by atoms with Crippen molar-refractivity contribution in [1.82, 2.24) is 19.8 Å². The van der Waals surface area contributed by atoms with E-state index in [1.165, 1.54) is 11.8 Å². The number of carbonyl (C=O) groups is 1. The normalized spacial score (nSPS) is 22.4. The summed E-state index contributed by atoms with van der Waals surface area (Å²) in [7, 11) is 2.20. The molecule has 0 saturated carbocycles. The zero-order valence-electron chi connectivity index (χ0n) is 16.6. The number of H-pyrrole nitrogens is 1. The smallest absolute Gasteiger partial charge is 0.263 e. The van der Waals surface area contributed by atoms with Gasteiger partial charge in [-0.05, 0) is 50.1 Å². The average Bonchev–Trinajstić information content (AvgIpc) is 2.68. The maximum atomic E-state index is 12.8. The predicted molar refractivity (Wildman–Crippen MR) is 108 cm³/mol. The number of aromatic amines is 1. The molecule has 148 valence electrons. The van der Waals surface area contributed by atoms with E-state index in [-0.39, 0.29) is 22.4 Å². The number of likely N-dealkylation sites (N-methyl/N-ethyl adjacent to an activating group) is 1. The number of benzene rings is 1. The quantitative estimate of drug-likeness (QED) is 0.869. The third-order valence-corrected chi connectivity index (χ3v) is 6.36. The van der Waals surface area contributed by atoms with Crippen LogP contribution in [0.2, 0.25) is 0 Å². The van der Waals surface area contributed by atoms with E-state index < -0.39 is 0 Å². The van der Waals surface area contributed by atoms with Gasteiger partial charge in [0.15, 0.2) is 0 Å². The van der Waals surface area contributed by atoms with Gasteiger partial charge in [-0.15, -0.1) is 0 Å². The van der Waals surface area contributed by atoms with Crippen molar-refractivity contribution in [2.75, 3.05) is 33.2 Å². The van der Waals surface area contributed by atoms with Crippen LogP contribution >= 0.6 is 0 Å². The highest BCUT2D eigenvalue weighted by atomic mass is 16.2. The van der Waals surface area contributed by atoms with Crippen molar-refractivity contribution >= 4 is 5.91 Å². The topological polar surface area (TPSA) is 69.3 Å². The van der Waals surface area contributed by atoms with Crippen LogP contribution in [0.15, 0.2) is 41.3 Å². The number of nitrogens with one attached hydrogen (secondary N) is 1. The lowest BCUT2D eigenvalue weighted by molar-refractivity contribution is 0.0223. The molecule has 2 aliphatic rings. The number of amides is 1. The number of aromatic nitrogens is 2. The third kappa shape index (κ3) is 3.74. The highest BCUT2D eigenvalue weighted by molar-refractivity contribution is 5.93. The number of nitrogens with zero attached hydrogens (tertiary/aromatic N) is 3. The van der Waals surface area contributed by atoms with E-state index in [0.717, 1.165) is 32.4 Å². The molecule has 4 rings (SSSR count). The summed E-state index contributed by atoms with van der Waals surface area (Å²) in [5.41, 5.74) is 1.44. The molecule has 1 aromatic heterocycles. The Balaban J connectivity index is 1.46. The Kier molecular flexibility index (Phi) is 5.06. The molecular formula is C22H28N4O2. The van der Waals surface area contributed by atoms with E-state index in [1.54, 1.807) is 6.92 Å². The Morgan fingerprint density at radius 1 is 1.21 bits per heavy atom. The Bertz CT molecular complexity index is 900. The molecule has 6 nitrogen and oxygen atoms in total. The molecule has 1 atom stereocenters. The van der Waals surface area contributed by atoms with Crippen molar-refractivity contribution in [3.05, 3.63) is 63.8 Å². The molecule has 2 saturated heterocycles. The first kappa shape index (κ1) is 18.9. The van der Waals surface area contributed by atoms with Gasteiger partial charge in [-0.25, -0.2) is 4.98 Å². The summed E-state index contributed by atoms with van der Waals surface area (Å²) >= 11 is 0. The van der Waals surface area contributed by atoms with Crippen LogP contribution in [0.1, 0.15) is 46.9 Å². The molecule has 0 bridgehead atoms. The summed E-state index contributed by atoms with van der Waals surface area (Å²) in [5, 5.41) is 0. The van der Waals surface area contributed by atoms with Gasteiger partial charge in [0.2, 0.25) is 0 Å². The Hall–Kier alpha value is -2.47. The molecule has 1 spiro atoms. The lowest BCUT2D eigenvalue weighted by atomic mass is 9.68. The molecule has 1 amide bonds. The summed E-state index contributed by atoms with van der Waals surface area (Å²) < 4.78 is 0. The van der Waals surface area contributed by atoms with Gasteiger partial charge in [0, 0.05) is 32.4 Å². The molecule has 28 heavy (non-hydrogen) atoms. The Morgan fingerprint density at radius 3 is 2.61 bits per heavy atom. The van der Waals surface area contributed by atoms with Crippen molar-refractivity contribution in [3.63, 3.8) is 0 Å². The van der Waals surface area contributed by atoms with Crippen molar-refractivity contribution in [2.24, 2.45) is 5.41 Å². The van der Waals surface area contributed by atoms with E-state index in [0.29, 0.717) is 24.8 Å². The van der Waals surface area contributed by atoms with Gasteiger partial charge in [0.05, 0.1) is 0 Å². The summed E-state index contributed by atoms with van der Waals surface area (Å²) in [4.78, 5) is 35.9. The standard InChI is InChI=1S/C22H28N4O2/c1-16-23-13-19(20(27)24-16)21(28)26-10-8-22(9-11-26)12-18(14-25(2)15-22)17-6-4-3-5-7-17/h3-7,13,18H,8-12,14-15H2,1-2H3,(H,23,24,27). The van der Waals surface area contributed by atoms with Crippen molar-refractivity contribution in [1.29, 1.82) is 0 Å². The molecule has 2 fully saturated rings. The van der Waals surface area contributed by atoms with Crippen molar-refractivity contribution in [3.8, 4) is 0 Å². The fourth-order valence-corrected chi connectivity index (χ4v) is 4.97. The first-order valence-corrected chi connectivity index (χ1v) is 10.0. The molecule has 6 heteroatoms. The van der Waals surface area contributed by atoms with Gasteiger partial charge in [-0.1, -0.05) is 30.3 Å². The number of hydrogen-bond acceptors (Lipinski definition) is 4. The van der Waals surface area contributed by atoms with Gasteiger partial charge < -0.3 is 14.8 Å². The van der Waals surface area contributed by atoms with Gasteiger partial charge in [0.25, 0.3) is 11.5 Å². The summed E-state index contributed by atoms with van der Waals surface area (Å²) in [6.45, 7) is 5.26. The van der Waals surface area contributed by atoms with Crippen molar-refractivity contribution in [2.45, 2.75) is 32.1 Å². The molecule has 1 N–H and O–H groups in total. The average molecular weight is 380 g/mol. The van der Waals surface area contributed by atoms with Gasteiger partial charge >= 0.3 is 0 Å². The van der Waals surface area contributed by atoms with E-state index >= 15 is 0 Å². The molecule has 0 radical (unpaired) electrons. The lowest BCUT2D eigenvalue weighted by Crippen LogP contribution is -2.52. The minimum Gasteiger partial charge on any atom is -0.338 e. The van der Waals surface area contributed by atoms with Crippen LogP contribution in [0.4, 0.5) is 0 Å². The second-order valence-electron chi connectivity index (χ2n) is 8.51. The highest BCUT2D eigenvalue weighted by Gasteiger charge is 2.42. The summed E-state index contributed by atoms with van der Waals surface area (Å²) in [6, 6.07) is 10.8. The van der Waals surface area contributed by atoms with E-state index in [9.17, 15) is 9.59 Å². The Labute approximate surface area is 165 Å². The minimum absolute atomic E-state index is 0.143. The molecule has 1 unspecified atom stereocenters. The first-order valence-electron chi connectivity index (χ1n) is 10.0. The number of aryl methyl sites for hydroxylation is 1. The molecule has 0 aliphatic carbocycles. The molecule has 2 aliphatic heterocycles. The molecule has 1 aromatic carbocycles. The fourth-order valence-electron chi connectivity index (χ4n) is 4.97. The second kappa shape index (κ2) is 7.51. The fraction of sp³-hybridized carbons (Fsp3) is 0.500. The number of piperidine rings is 2. The van der Waals surface area contributed by atoms with Crippen LogP contribution in [-0.2, 0) is 0 Å². The van der Waals surface area contributed by atoms with Crippen LogP contribution in [0.3, 0.4) is 0 Å². The summed E-state index contributed by atoms with van der Waals surface area (Å²) in [6.07, 6.45) is 4.52. The lowest BCUT2D eigenvalue weighted by Gasteiger charge is -2.49. The monoisotopic (exact) mass is 380 g/mol. The molecule has 2 aromatic rings. The highest BCUT2D eigenvalue weighted by Crippen LogP contribution is 2.44. The van der Waals surface area contributed by atoms with Crippen LogP contribution in [0.25, 0.3) is 0 Å².